The topological polar surface area (TPSA) is 54.9 Å². The van der Waals surface area contributed by atoms with Crippen molar-refractivity contribution in [2.24, 2.45) is 0 Å². The third-order valence-corrected chi connectivity index (χ3v) is 3.83. The van der Waals surface area contributed by atoms with Crippen LogP contribution in [0.4, 0.5) is 5.13 Å². The molecule has 0 aliphatic carbocycles. The number of nitrogens with one attached hydrogen (secondary N) is 1. The fraction of sp³-hybridized carbons (Fsp3) is 0.250. The van der Waals surface area contributed by atoms with Gasteiger partial charge in [0.15, 0.2) is 0 Å². The number of amides is 1. The van der Waals surface area contributed by atoms with Gasteiger partial charge in [-0.3, -0.25) is 10.1 Å². The molecule has 0 radical (unpaired) electrons. The second kappa shape index (κ2) is 6.84. The molecule has 0 spiro atoms. The minimum Gasteiger partial charge on any atom is -0.296 e. The SMILES string of the molecule is O=C(Nc1nnc(CCCCl)s1)c1ccccc1Cl. The third kappa shape index (κ3) is 3.89. The minimum atomic E-state index is -0.286. The molecule has 0 atom stereocenters. The highest BCUT2D eigenvalue weighted by atomic mass is 35.5. The second-order valence-corrected chi connectivity index (χ2v) is 5.57. The molecular formula is C12H11Cl2N3OS. The van der Waals surface area contributed by atoms with Gasteiger partial charge in [0.05, 0.1) is 10.6 Å². The molecule has 0 aliphatic rings. The summed E-state index contributed by atoms with van der Waals surface area (Å²) in [5, 5.41) is 12.3. The van der Waals surface area contributed by atoms with E-state index in [9.17, 15) is 4.79 Å². The van der Waals surface area contributed by atoms with Crippen LogP contribution in [0, 0.1) is 0 Å². The predicted molar refractivity (Wildman–Crippen MR) is 78.4 cm³/mol. The largest absolute Gasteiger partial charge is 0.296 e. The molecule has 100 valence electrons. The Labute approximate surface area is 124 Å². The van der Waals surface area contributed by atoms with Gasteiger partial charge in [-0.25, -0.2) is 0 Å². The number of benzene rings is 1. The number of halogens is 2. The number of carbonyl (C=O) groups excluding carboxylic acids is 1. The lowest BCUT2D eigenvalue weighted by molar-refractivity contribution is 0.102. The summed E-state index contributed by atoms with van der Waals surface area (Å²) in [5.41, 5.74) is 0.418. The number of alkyl halides is 1. The summed E-state index contributed by atoms with van der Waals surface area (Å²) in [6.45, 7) is 0. The van der Waals surface area contributed by atoms with Crippen LogP contribution in [0.25, 0.3) is 0 Å². The van der Waals surface area contributed by atoms with Crippen LogP contribution in [0.1, 0.15) is 21.8 Å². The van der Waals surface area contributed by atoms with E-state index in [-0.39, 0.29) is 5.91 Å². The molecule has 0 fully saturated rings. The Morgan fingerprint density at radius 1 is 1.32 bits per heavy atom. The van der Waals surface area contributed by atoms with Crippen LogP contribution in [-0.2, 0) is 6.42 Å². The summed E-state index contributed by atoms with van der Waals surface area (Å²) in [5.74, 6) is 0.298. The molecule has 1 aromatic heterocycles. The lowest BCUT2D eigenvalue weighted by Gasteiger charge is -2.02. The van der Waals surface area contributed by atoms with Gasteiger partial charge in [-0.1, -0.05) is 35.1 Å². The van der Waals surface area contributed by atoms with Crippen molar-refractivity contribution in [3.05, 3.63) is 39.9 Å². The molecule has 2 rings (SSSR count). The molecule has 0 bridgehead atoms. The number of hydrogen-bond donors (Lipinski definition) is 1. The minimum absolute atomic E-state index is 0.286. The second-order valence-electron chi connectivity index (χ2n) is 3.73. The van der Waals surface area contributed by atoms with Crippen molar-refractivity contribution < 1.29 is 4.79 Å². The van der Waals surface area contributed by atoms with E-state index in [1.54, 1.807) is 24.3 Å². The summed E-state index contributed by atoms with van der Waals surface area (Å²) in [6, 6.07) is 6.86. The highest BCUT2D eigenvalue weighted by Gasteiger charge is 2.12. The van der Waals surface area contributed by atoms with E-state index in [1.165, 1.54) is 11.3 Å². The molecule has 19 heavy (non-hydrogen) atoms. The van der Waals surface area contributed by atoms with E-state index >= 15 is 0 Å². The van der Waals surface area contributed by atoms with Crippen LogP contribution in [0.15, 0.2) is 24.3 Å². The standard InChI is InChI=1S/C12H11Cl2N3OS/c13-7-3-6-10-16-17-12(19-10)15-11(18)8-4-1-2-5-9(8)14/h1-2,4-5H,3,6-7H2,(H,15,17,18). The Morgan fingerprint density at radius 2 is 2.11 bits per heavy atom. The first kappa shape index (κ1) is 14.2. The molecular weight excluding hydrogens is 305 g/mol. The number of carbonyl (C=O) groups is 1. The average Bonchev–Trinajstić information content (AvgIpc) is 2.84. The zero-order valence-electron chi connectivity index (χ0n) is 9.90. The van der Waals surface area contributed by atoms with Crippen LogP contribution in [0.3, 0.4) is 0 Å². The molecule has 1 amide bonds. The number of rotatable bonds is 5. The van der Waals surface area contributed by atoms with Crippen molar-refractivity contribution in [2.75, 3.05) is 11.2 Å². The van der Waals surface area contributed by atoms with Gasteiger partial charge in [0, 0.05) is 12.3 Å². The molecule has 0 unspecified atom stereocenters. The van der Waals surface area contributed by atoms with Gasteiger partial charge in [-0.2, -0.15) is 0 Å². The van der Waals surface area contributed by atoms with Crippen molar-refractivity contribution in [1.82, 2.24) is 10.2 Å². The van der Waals surface area contributed by atoms with Gasteiger partial charge in [-0.05, 0) is 18.6 Å². The number of hydrogen-bond acceptors (Lipinski definition) is 4. The Bertz CT molecular complexity index is 574. The zero-order chi connectivity index (χ0) is 13.7. The molecule has 1 heterocycles. The maximum atomic E-state index is 12.0. The molecule has 1 N–H and O–H groups in total. The predicted octanol–water partition coefficient (Wildman–Crippen LogP) is 3.62. The third-order valence-electron chi connectivity index (χ3n) is 2.33. The lowest BCUT2D eigenvalue weighted by Crippen LogP contribution is -2.12. The molecule has 2 aromatic rings. The van der Waals surface area contributed by atoms with Crippen LogP contribution in [0.2, 0.25) is 5.02 Å². The van der Waals surface area contributed by atoms with E-state index in [0.717, 1.165) is 17.8 Å². The lowest BCUT2D eigenvalue weighted by atomic mass is 10.2. The van der Waals surface area contributed by atoms with Crippen LogP contribution >= 0.6 is 34.5 Å². The van der Waals surface area contributed by atoms with Crippen molar-refractivity contribution >= 4 is 45.6 Å². The first-order valence-electron chi connectivity index (χ1n) is 5.65. The fourth-order valence-corrected chi connectivity index (χ4v) is 2.56. The molecule has 4 nitrogen and oxygen atoms in total. The zero-order valence-corrected chi connectivity index (χ0v) is 12.2. The monoisotopic (exact) mass is 315 g/mol. The first-order chi connectivity index (χ1) is 9.20. The summed E-state index contributed by atoms with van der Waals surface area (Å²) in [7, 11) is 0. The van der Waals surface area contributed by atoms with Gasteiger partial charge in [0.25, 0.3) is 5.91 Å². The van der Waals surface area contributed by atoms with Gasteiger partial charge < -0.3 is 0 Å². The van der Waals surface area contributed by atoms with E-state index in [1.807, 2.05) is 0 Å². The Kier molecular flexibility index (Phi) is 5.13. The summed E-state index contributed by atoms with van der Waals surface area (Å²) in [6.07, 6.45) is 1.61. The molecule has 1 aromatic carbocycles. The summed E-state index contributed by atoms with van der Waals surface area (Å²) in [4.78, 5) is 12.0. The van der Waals surface area contributed by atoms with E-state index in [0.29, 0.717) is 21.6 Å². The highest BCUT2D eigenvalue weighted by Crippen LogP contribution is 2.20. The van der Waals surface area contributed by atoms with E-state index in [2.05, 4.69) is 15.5 Å². The normalized spacial score (nSPS) is 10.4. The van der Waals surface area contributed by atoms with Crippen LogP contribution in [-0.4, -0.2) is 22.0 Å². The molecule has 0 saturated heterocycles. The number of anilines is 1. The van der Waals surface area contributed by atoms with Crippen LogP contribution in [0.5, 0.6) is 0 Å². The average molecular weight is 316 g/mol. The molecule has 0 aliphatic heterocycles. The maximum Gasteiger partial charge on any atom is 0.259 e. The number of aromatic nitrogens is 2. The molecule has 0 saturated carbocycles. The van der Waals surface area contributed by atoms with Gasteiger partial charge in [0.2, 0.25) is 5.13 Å². The maximum absolute atomic E-state index is 12.0. The fourth-order valence-electron chi connectivity index (χ4n) is 1.43. The van der Waals surface area contributed by atoms with Crippen molar-refractivity contribution in [3.8, 4) is 0 Å². The number of aryl methyl sites for hydroxylation is 1. The van der Waals surface area contributed by atoms with Crippen molar-refractivity contribution in [3.63, 3.8) is 0 Å². The van der Waals surface area contributed by atoms with Gasteiger partial charge >= 0.3 is 0 Å². The summed E-state index contributed by atoms with van der Waals surface area (Å²) < 4.78 is 0. The van der Waals surface area contributed by atoms with Crippen molar-refractivity contribution in [1.29, 1.82) is 0 Å². The highest BCUT2D eigenvalue weighted by molar-refractivity contribution is 7.15. The number of nitrogens with zero attached hydrogens (tertiary/aromatic N) is 2. The molecule has 7 heteroatoms. The van der Waals surface area contributed by atoms with E-state index < -0.39 is 0 Å². The first-order valence-corrected chi connectivity index (χ1v) is 7.38. The summed E-state index contributed by atoms with van der Waals surface area (Å²) >= 11 is 12.9. The smallest absolute Gasteiger partial charge is 0.259 e. The van der Waals surface area contributed by atoms with Crippen molar-refractivity contribution in [2.45, 2.75) is 12.8 Å². The van der Waals surface area contributed by atoms with Gasteiger partial charge in [-0.15, -0.1) is 21.8 Å². The van der Waals surface area contributed by atoms with Gasteiger partial charge in [0.1, 0.15) is 5.01 Å². The van der Waals surface area contributed by atoms with E-state index in [4.69, 9.17) is 23.2 Å². The Hall–Kier alpha value is -1.17. The quantitative estimate of drug-likeness (QED) is 0.857. The Balaban J connectivity index is 2.03. The van der Waals surface area contributed by atoms with Crippen LogP contribution < -0.4 is 5.32 Å². The Morgan fingerprint density at radius 3 is 2.84 bits per heavy atom.